The Hall–Kier alpha value is -1.13. The van der Waals surface area contributed by atoms with Crippen LogP contribution in [0.25, 0.3) is 0 Å². The van der Waals surface area contributed by atoms with Crippen molar-refractivity contribution in [3.8, 4) is 0 Å². The molecule has 3 N–H and O–H groups in total. The lowest BCUT2D eigenvalue weighted by atomic mass is 10.0. The van der Waals surface area contributed by atoms with Gasteiger partial charge in [-0.3, -0.25) is 0 Å². The van der Waals surface area contributed by atoms with Crippen LogP contribution in [0.4, 0.5) is 0 Å². The highest BCUT2D eigenvalue weighted by Crippen LogP contribution is 2.21. The summed E-state index contributed by atoms with van der Waals surface area (Å²) in [4.78, 5) is 7.23. The van der Waals surface area contributed by atoms with Crippen LogP contribution in [0, 0.1) is 6.92 Å². The first-order valence-electron chi connectivity index (χ1n) is 4.54. The van der Waals surface area contributed by atoms with Gasteiger partial charge in [-0.1, -0.05) is 0 Å². The van der Waals surface area contributed by atoms with Crippen LogP contribution < -0.4 is 5.73 Å². The quantitative estimate of drug-likeness (QED) is 0.809. The van der Waals surface area contributed by atoms with Crippen LogP contribution in [-0.2, 0) is 6.42 Å². The Morgan fingerprint density at radius 1 is 1.57 bits per heavy atom. The van der Waals surface area contributed by atoms with Crippen molar-refractivity contribution in [1.82, 2.24) is 9.97 Å². The second-order valence-corrected chi connectivity index (χ2v) is 4.10. The van der Waals surface area contributed by atoms with Crippen LogP contribution in [0.15, 0.2) is 23.2 Å². The van der Waals surface area contributed by atoms with Gasteiger partial charge in [-0.2, -0.15) is 11.3 Å². The molecule has 1 unspecified atom stereocenters. The number of nitrogens with zero attached hydrogens (tertiary/aromatic N) is 1. The Kier molecular flexibility index (Phi) is 2.65. The first kappa shape index (κ1) is 9.43. The summed E-state index contributed by atoms with van der Waals surface area (Å²) in [6, 6.07) is 0.0485. The molecule has 2 aromatic rings. The highest BCUT2D eigenvalue weighted by molar-refractivity contribution is 7.08. The Labute approximate surface area is 87.0 Å². The Morgan fingerprint density at radius 3 is 3.00 bits per heavy atom. The lowest BCUT2D eigenvalue weighted by Crippen LogP contribution is -2.14. The minimum Gasteiger partial charge on any atom is -0.349 e. The summed E-state index contributed by atoms with van der Waals surface area (Å²) in [5.74, 6) is 0.947. The highest BCUT2D eigenvalue weighted by atomic mass is 32.1. The van der Waals surface area contributed by atoms with E-state index in [1.165, 1.54) is 11.1 Å². The SMILES string of the molecule is Cc1cscc1C(N)Cc1ncc[nH]1. The van der Waals surface area contributed by atoms with E-state index in [0.717, 1.165) is 12.2 Å². The van der Waals surface area contributed by atoms with Gasteiger partial charge in [0.25, 0.3) is 0 Å². The van der Waals surface area contributed by atoms with Crippen LogP contribution in [0.3, 0.4) is 0 Å². The molecule has 2 rings (SSSR count). The van der Waals surface area contributed by atoms with E-state index in [2.05, 4.69) is 27.7 Å². The molecular formula is C10H13N3S. The topological polar surface area (TPSA) is 54.7 Å². The van der Waals surface area contributed by atoms with Gasteiger partial charge in [0.2, 0.25) is 0 Å². The van der Waals surface area contributed by atoms with Gasteiger partial charge in [-0.05, 0) is 28.8 Å². The van der Waals surface area contributed by atoms with E-state index in [4.69, 9.17) is 5.73 Å². The number of hydrogen-bond acceptors (Lipinski definition) is 3. The summed E-state index contributed by atoms with van der Waals surface area (Å²) in [7, 11) is 0. The molecule has 0 aliphatic carbocycles. The first-order chi connectivity index (χ1) is 6.77. The number of aryl methyl sites for hydroxylation is 1. The monoisotopic (exact) mass is 207 g/mol. The van der Waals surface area contributed by atoms with Crippen molar-refractivity contribution in [2.45, 2.75) is 19.4 Å². The average Bonchev–Trinajstić information content (AvgIpc) is 2.75. The number of H-pyrrole nitrogens is 1. The molecule has 0 radical (unpaired) electrons. The first-order valence-corrected chi connectivity index (χ1v) is 5.48. The van der Waals surface area contributed by atoms with Crippen molar-refractivity contribution in [2.24, 2.45) is 5.73 Å². The highest BCUT2D eigenvalue weighted by Gasteiger charge is 2.11. The fraction of sp³-hybridized carbons (Fsp3) is 0.300. The smallest absolute Gasteiger partial charge is 0.107 e. The summed E-state index contributed by atoms with van der Waals surface area (Å²) in [6.45, 7) is 2.09. The molecule has 0 saturated heterocycles. The molecule has 0 aliphatic heterocycles. The van der Waals surface area contributed by atoms with Gasteiger partial charge in [0, 0.05) is 24.9 Å². The van der Waals surface area contributed by atoms with E-state index in [0.29, 0.717) is 0 Å². The van der Waals surface area contributed by atoms with E-state index < -0.39 is 0 Å². The molecule has 0 aliphatic rings. The zero-order valence-electron chi connectivity index (χ0n) is 8.03. The molecule has 0 saturated carbocycles. The maximum atomic E-state index is 6.08. The van der Waals surface area contributed by atoms with Crippen molar-refractivity contribution in [3.05, 3.63) is 40.1 Å². The van der Waals surface area contributed by atoms with E-state index >= 15 is 0 Å². The van der Waals surface area contributed by atoms with E-state index in [-0.39, 0.29) is 6.04 Å². The molecule has 14 heavy (non-hydrogen) atoms. The predicted molar refractivity (Wildman–Crippen MR) is 58.3 cm³/mol. The number of nitrogens with two attached hydrogens (primary N) is 1. The standard InChI is InChI=1S/C10H13N3S/c1-7-5-14-6-8(7)9(11)4-10-12-2-3-13-10/h2-3,5-6,9H,4,11H2,1H3,(H,12,13). The van der Waals surface area contributed by atoms with Crippen LogP contribution in [0.5, 0.6) is 0 Å². The average molecular weight is 207 g/mol. The molecule has 0 amide bonds. The van der Waals surface area contributed by atoms with Crippen molar-refractivity contribution in [3.63, 3.8) is 0 Å². The molecular weight excluding hydrogens is 194 g/mol. The number of thiophene rings is 1. The summed E-state index contributed by atoms with van der Waals surface area (Å²) in [5, 5.41) is 4.24. The number of rotatable bonds is 3. The van der Waals surface area contributed by atoms with Crippen LogP contribution in [0.1, 0.15) is 23.0 Å². The molecule has 3 nitrogen and oxygen atoms in total. The molecule has 0 aromatic carbocycles. The molecule has 0 fully saturated rings. The third-order valence-electron chi connectivity index (χ3n) is 2.26. The predicted octanol–water partition coefficient (Wildman–Crippen LogP) is 2.02. The lowest BCUT2D eigenvalue weighted by molar-refractivity contribution is 0.693. The van der Waals surface area contributed by atoms with Crippen molar-refractivity contribution in [1.29, 1.82) is 0 Å². The van der Waals surface area contributed by atoms with Gasteiger partial charge in [-0.15, -0.1) is 0 Å². The van der Waals surface area contributed by atoms with Gasteiger partial charge >= 0.3 is 0 Å². The summed E-state index contributed by atoms with van der Waals surface area (Å²) >= 11 is 1.70. The van der Waals surface area contributed by atoms with E-state index in [1.54, 1.807) is 17.5 Å². The molecule has 1 atom stereocenters. The molecule has 0 spiro atoms. The molecule has 74 valence electrons. The number of imidazole rings is 1. The van der Waals surface area contributed by atoms with E-state index in [9.17, 15) is 0 Å². The van der Waals surface area contributed by atoms with Crippen LogP contribution >= 0.6 is 11.3 Å². The normalized spacial score (nSPS) is 13.0. The second kappa shape index (κ2) is 3.94. The number of nitrogens with one attached hydrogen (secondary N) is 1. The van der Waals surface area contributed by atoms with Gasteiger partial charge in [0.05, 0.1) is 0 Å². The summed E-state index contributed by atoms with van der Waals surface area (Å²) in [5.41, 5.74) is 8.58. The zero-order chi connectivity index (χ0) is 9.97. The third kappa shape index (κ3) is 1.86. The summed E-state index contributed by atoms with van der Waals surface area (Å²) < 4.78 is 0. The third-order valence-corrected chi connectivity index (χ3v) is 3.14. The van der Waals surface area contributed by atoms with Gasteiger partial charge in [0.15, 0.2) is 0 Å². The molecule has 4 heteroatoms. The Balaban J connectivity index is 2.10. The Morgan fingerprint density at radius 2 is 2.43 bits per heavy atom. The second-order valence-electron chi connectivity index (χ2n) is 3.36. The minimum atomic E-state index is 0.0485. The number of aromatic amines is 1. The zero-order valence-corrected chi connectivity index (χ0v) is 8.84. The summed E-state index contributed by atoms with van der Waals surface area (Å²) in [6.07, 6.45) is 4.34. The van der Waals surface area contributed by atoms with Gasteiger partial charge in [0.1, 0.15) is 5.82 Å². The van der Waals surface area contributed by atoms with E-state index in [1.807, 2.05) is 6.20 Å². The Bertz CT molecular complexity index is 391. The molecule has 2 aromatic heterocycles. The largest absolute Gasteiger partial charge is 0.349 e. The minimum absolute atomic E-state index is 0.0485. The van der Waals surface area contributed by atoms with Crippen LogP contribution in [-0.4, -0.2) is 9.97 Å². The van der Waals surface area contributed by atoms with Gasteiger partial charge in [-0.25, -0.2) is 4.98 Å². The van der Waals surface area contributed by atoms with Gasteiger partial charge < -0.3 is 10.7 Å². The van der Waals surface area contributed by atoms with Crippen LogP contribution in [0.2, 0.25) is 0 Å². The fourth-order valence-corrected chi connectivity index (χ4v) is 2.39. The number of aromatic nitrogens is 2. The van der Waals surface area contributed by atoms with Crippen molar-refractivity contribution < 1.29 is 0 Å². The maximum Gasteiger partial charge on any atom is 0.107 e. The molecule has 2 heterocycles. The van der Waals surface area contributed by atoms with Crippen molar-refractivity contribution >= 4 is 11.3 Å². The maximum absolute atomic E-state index is 6.08. The lowest BCUT2D eigenvalue weighted by Gasteiger charge is -2.09. The molecule has 0 bridgehead atoms. The fourth-order valence-electron chi connectivity index (χ4n) is 1.48. The van der Waals surface area contributed by atoms with Crippen molar-refractivity contribution in [2.75, 3.05) is 0 Å². The number of hydrogen-bond donors (Lipinski definition) is 2.